The molecule has 0 aliphatic carbocycles. The van der Waals surface area contributed by atoms with Crippen LogP contribution >= 0.6 is 11.3 Å². The van der Waals surface area contributed by atoms with E-state index in [-0.39, 0.29) is 18.2 Å². The molecule has 142 valence electrons. The number of hydrogen-bond acceptors (Lipinski definition) is 7. The maximum atomic E-state index is 12.4. The van der Waals surface area contributed by atoms with Gasteiger partial charge >= 0.3 is 0 Å². The van der Waals surface area contributed by atoms with E-state index in [0.717, 1.165) is 22.7 Å². The molecular formula is C19H20N2O5S. The highest BCUT2D eigenvalue weighted by Crippen LogP contribution is 2.37. The Kier molecular flexibility index (Phi) is 5.67. The number of fused-ring (bicyclic) bond motifs is 1. The molecule has 0 saturated carbocycles. The highest BCUT2D eigenvalue weighted by Gasteiger charge is 2.37. The second-order valence-corrected chi connectivity index (χ2v) is 7.17. The number of ether oxygens (including phenoxy) is 2. The van der Waals surface area contributed by atoms with Crippen LogP contribution in [-0.4, -0.2) is 48.8 Å². The van der Waals surface area contributed by atoms with Crippen molar-refractivity contribution in [2.45, 2.75) is 26.3 Å². The third-order valence-corrected chi connectivity index (χ3v) is 5.14. The number of hydrogen-bond donors (Lipinski definition) is 0. The van der Waals surface area contributed by atoms with Crippen LogP contribution in [0.3, 0.4) is 0 Å². The van der Waals surface area contributed by atoms with E-state index in [4.69, 9.17) is 9.47 Å². The Morgan fingerprint density at radius 1 is 1.33 bits per heavy atom. The summed E-state index contributed by atoms with van der Waals surface area (Å²) in [6.45, 7) is 3.00. The molecule has 1 amide bonds. The lowest BCUT2D eigenvalue weighted by molar-refractivity contribution is -0.131. The fourth-order valence-electron chi connectivity index (χ4n) is 3.01. The minimum atomic E-state index is -1.15. The fourth-order valence-corrected chi connectivity index (χ4v) is 3.80. The molecule has 0 fully saturated rings. The van der Waals surface area contributed by atoms with Crippen molar-refractivity contribution in [1.29, 1.82) is 0 Å². The molecule has 0 radical (unpaired) electrons. The first-order valence-electron chi connectivity index (χ1n) is 8.46. The molecule has 1 aromatic carbocycles. The number of Topliss-reactive ketones (excluding diaryl/α,β-unsaturated/α-hetero) is 2. The van der Waals surface area contributed by atoms with Crippen molar-refractivity contribution in [2.24, 2.45) is 0 Å². The smallest absolute Gasteiger partial charge is 0.266 e. The number of ketones is 2. The summed E-state index contributed by atoms with van der Waals surface area (Å²) in [5.41, 5.74) is 1.95. The monoisotopic (exact) mass is 388 g/mol. The van der Waals surface area contributed by atoms with Crippen molar-refractivity contribution in [3.05, 3.63) is 28.6 Å². The Bertz CT molecular complexity index is 878. The van der Waals surface area contributed by atoms with Crippen LogP contribution in [0.5, 0.6) is 5.75 Å². The number of anilines is 1. The lowest BCUT2D eigenvalue weighted by Gasteiger charge is -2.33. The number of aromatic nitrogens is 1. The van der Waals surface area contributed by atoms with E-state index in [9.17, 15) is 14.4 Å². The molecule has 8 heteroatoms. The Balaban J connectivity index is 2.01. The summed E-state index contributed by atoms with van der Waals surface area (Å²) in [6.07, 6.45) is 0.719. The molecule has 0 saturated heterocycles. The zero-order chi connectivity index (χ0) is 19.6. The minimum Gasteiger partial charge on any atom is -0.482 e. The molecule has 2 heterocycles. The molecule has 0 atom stereocenters. The largest absolute Gasteiger partial charge is 0.482 e. The van der Waals surface area contributed by atoms with E-state index >= 15 is 0 Å². The van der Waals surface area contributed by atoms with Crippen molar-refractivity contribution in [3.63, 3.8) is 0 Å². The van der Waals surface area contributed by atoms with Gasteiger partial charge in [0.2, 0.25) is 0 Å². The molecule has 0 bridgehead atoms. The van der Waals surface area contributed by atoms with Gasteiger partial charge in [-0.3, -0.25) is 19.3 Å². The van der Waals surface area contributed by atoms with Gasteiger partial charge in [0, 0.05) is 24.5 Å². The quantitative estimate of drug-likeness (QED) is 0.677. The van der Waals surface area contributed by atoms with Crippen LogP contribution in [0.15, 0.2) is 23.6 Å². The number of thiazole rings is 1. The highest BCUT2D eigenvalue weighted by molar-refractivity contribution is 7.09. The first-order valence-corrected chi connectivity index (χ1v) is 9.34. The normalized spacial score (nSPS) is 13.5. The lowest BCUT2D eigenvalue weighted by Crippen LogP contribution is -2.52. The summed E-state index contributed by atoms with van der Waals surface area (Å²) in [4.78, 5) is 42.3. The van der Waals surface area contributed by atoms with Gasteiger partial charge in [0.15, 0.2) is 24.2 Å². The summed E-state index contributed by atoms with van der Waals surface area (Å²) >= 11 is 1.53. The van der Waals surface area contributed by atoms with E-state index < -0.39 is 11.9 Å². The Morgan fingerprint density at radius 2 is 2.07 bits per heavy atom. The Morgan fingerprint density at radius 3 is 2.74 bits per heavy atom. The van der Waals surface area contributed by atoms with Crippen molar-refractivity contribution in [1.82, 2.24) is 4.98 Å². The van der Waals surface area contributed by atoms with Crippen LogP contribution in [0.4, 0.5) is 5.69 Å². The topological polar surface area (TPSA) is 85.8 Å². The Hall–Kier alpha value is -2.58. The van der Waals surface area contributed by atoms with Crippen LogP contribution < -0.4 is 9.64 Å². The number of rotatable bonds is 7. The van der Waals surface area contributed by atoms with Crippen molar-refractivity contribution in [3.8, 4) is 17.0 Å². The van der Waals surface area contributed by atoms with Gasteiger partial charge in [-0.2, -0.15) is 0 Å². The molecule has 1 aromatic heterocycles. The number of nitrogens with zero attached hydrogens (tertiary/aromatic N) is 2. The maximum Gasteiger partial charge on any atom is 0.266 e. The Labute approximate surface area is 160 Å². The zero-order valence-electron chi connectivity index (χ0n) is 15.4. The summed E-state index contributed by atoms with van der Waals surface area (Å²) in [5, 5.41) is 2.87. The second-order valence-electron chi connectivity index (χ2n) is 6.23. The number of carbonyl (C=O) groups is 3. The summed E-state index contributed by atoms with van der Waals surface area (Å²) in [7, 11) is 1.64. The molecule has 2 aromatic rings. The van der Waals surface area contributed by atoms with E-state index in [1.54, 1.807) is 19.2 Å². The summed E-state index contributed by atoms with van der Waals surface area (Å²) in [6, 6.07) is 4.16. The minimum absolute atomic E-state index is 0.207. The molecule has 27 heavy (non-hydrogen) atoms. The van der Waals surface area contributed by atoms with Gasteiger partial charge in [0.25, 0.3) is 5.91 Å². The van der Waals surface area contributed by atoms with E-state index in [0.29, 0.717) is 18.0 Å². The van der Waals surface area contributed by atoms with Crippen molar-refractivity contribution >= 4 is 34.5 Å². The van der Waals surface area contributed by atoms with Crippen LogP contribution in [0, 0.1) is 0 Å². The number of methoxy groups -OCH3 is 1. The molecule has 0 unspecified atom stereocenters. The molecule has 1 aliphatic rings. The van der Waals surface area contributed by atoms with Crippen LogP contribution in [0.1, 0.15) is 18.9 Å². The third-order valence-electron chi connectivity index (χ3n) is 4.23. The summed E-state index contributed by atoms with van der Waals surface area (Å²) < 4.78 is 10.6. The fraction of sp³-hybridized carbons (Fsp3) is 0.368. The zero-order valence-corrected chi connectivity index (χ0v) is 16.2. The predicted molar refractivity (Wildman–Crippen MR) is 101 cm³/mol. The van der Waals surface area contributed by atoms with Gasteiger partial charge in [0.1, 0.15) is 5.75 Å². The average Bonchev–Trinajstić information content (AvgIpc) is 3.10. The predicted octanol–water partition coefficient (Wildman–Crippen LogP) is 2.27. The van der Waals surface area contributed by atoms with E-state index in [1.165, 1.54) is 30.1 Å². The third kappa shape index (κ3) is 3.91. The van der Waals surface area contributed by atoms with Gasteiger partial charge < -0.3 is 9.47 Å². The average molecular weight is 388 g/mol. The van der Waals surface area contributed by atoms with Crippen molar-refractivity contribution in [2.75, 3.05) is 25.2 Å². The molecule has 7 nitrogen and oxygen atoms in total. The number of benzene rings is 1. The molecule has 3 rings (SSSR count). The molecular weight excluding hydrogens is 368 g/mol. The number of amides is 1. The molecule has 1 aliphatic heterocycles. The van der Waals surface area contributed by atoms with Gasteiger partial charge in [-0.25, -0.2) is 4.98 Å². The van der Waals surface area contributed by atoms with Gasteiger partial charge in [0.05, 0.1) is 23.0 Å². The van der Waals surface area contributed by atoms with Gasteiger partial charge in [-0.05, 0) is 32.0 Å². The SMILES string of the molecule is COCCc1nc(-c2ccc3c(c2)N(C(C(C)=O)C(C)=O)C(=O)CO3)cs1. The van der Waals surface area contributed by atoms with Crippen LogP contribution in [0.25, 0.3) is 11.3 Å². The van der Waals surface area contributed by atoms with Crippen LogP contribution in [-0.2, 0) is 25.5 Å². The first-order chi connectivity index (χ1) is 12.9. The number of carbonyl (C=O) groups excluding carboxylic acids is 3. The van der Waals surface area contributed by atoms with Gasteiger partial charge in [-0.15, -0.1) is 11.3 Å². The lowest BCUT2D eigenvalue weighted by atomic mass is 10.0. The first kappa shape index (κ1) is 19.2. The van der Waals surface area contributed by atoms with Gasteiger partial charge in [-0.1, -0.05) is 0 Å². The second kappa shape index (κ2) is 7.98. The van der Waals surface area contributed by atoms with Crippen molar-refractivity contribution < 1.29 is 23.9 Å². The highest BCUT2D eigenvalue weighted by atomic mass is 32.1. The molecule has 0 N–H and O–H groups in total. The summed E-state index contributed by atoms with van der Waals surface area (Å²) in [5.74, 6) is -0.732. The molecule has 0 spiro atoms. The van der Waals surface area contributed by atoms with Crippen LogP contribution in [0.2, 0.25) is 0 Å². The van der Waals surface area contributed by atoms with E-state index in [2.05, 4.69) is 4.98 Å². The maximum absolute atomic E-state index is 12.4. The van der Waals surface area contributed by atoms with E-state index in [1.807, 2.05) is 11.4 Å². The standard InChI is InChI=1S/C19H20N2O5S/c1-11(22)19(12(2)23)21-15-8-13(4-5-16(15)26-9-18(21)24)14-10-27-17(20-14)6-7-25-3/h4-5,8,10,19H,6-7,9H2,1-3H3.